The van der Waals surface area contributed by atoms with E-state index in [4.69, 9.17) is 33.7 Å². The Morgan fingerprint density at radius 3 is 1.82 bits per heavy atom. The van der Waals surface area contributed by atoms with E-state index in [1.807, 2.05) is 0 Å². The molecule has 0 aliphatic carbocycles. The smallest absolute Gasteiger partial charge is 0.453 e. The third-order valence-electron chi connectivity index (χ3n) is 18.5. The molecule has 4 fully saturated rings. The average molecular weight is 1340 g/mol. The second kappa shape index (κ2) is 28.2. The second-order valence-corrected chi connectivity index (χ2v) is 25.2. The Hall–Kier alpha value is -8.89. The molecule has 30 heteroatoms. The van der Waals surface area contributed by atoms with Gasteiger partial charge in [0.15, 0.2) is 18.4 Å². The molecular formula is C65H72F5N10O14P. The van der Waals surface area contributed by atoms with E-state index in [1.54, 1.807) is 40.7 Å². The SMILES string of the molecule is COC(=O)N[C@H](C(=O)N1CCC[C@H]1c1nc2cc(F)c([C@H]3CC[C@H](c4cc5nc([C@@H]6CCCN6C(=O)[C@@H](NC(=O)OC)[C@@H](C)OC)n(COC(=O)c6cccc(OP(=O)(O)O)c6)c5cc4F)N3c3cc(F)c(N4CCC(c5ccc(F)cc5)CC4)c(F)c3)cc2[nH]1)[C@@H](C)OC. The lowest BCUT2D eigenvalue weighted by molar-refractivity contribution is -0.138. The van der Waals surface area contributed by atoms with E-state index in [2.05, 4.69) is 20.1 Å². The average Bonchev–Trinajstić information content (AvgIpc) is 1.63. The predicted molar refractivity (Wildman–Crippen MR) is 333 cm³/mol. The molecular weight excluding hydrogens is 1270 g/mol. The van der Waals surface area contributed by atoms with Crippen molar-refractivity contribution in [3.8, 4) is 5.75 Å². The number of alkyl carbamates (subject to hydrolysis) is 2. The van der Waals surface area contributed by atoms with Gasteiger partial charge in [-0.1, -0.05) is 18.2 Å². The van der Waals surface area contributed by atoms with Crippen LogP contribution in [-0.4, -0.2) is 148 Å². The number of esters is 1. The molecule has 0 saturated carbocycles. The number of phosphoric ester groups is 1. The van der Waals surface area contributed by atoms with Crippen LogP contribution < -0.4 is 25.0 Å². The molecule has 0 unspecified atom stereocenters. The number of methoxy groups -OCH3 is 4. The highest BCUT2D eigenvalue weighted by molar-refractivity contribution is 7.46. The molecule has 0 radical (unpaired) electrons. The number of hydrogen-bond acceptors (Lipinski definition) is 16. The molecule has 95 heavy (non-hydrogen) atoms. The van der Waals surface area contributed by atoms with Gasteiger partial charge in [-0.3, -0.25) is 23.9 Å². The molecule has 7 aromatic rings. The fourth-order valence-electron chi connectivity index (χ4n) is 13.7. The number of nitrogens with one attached hydrogen (secondary N) is 3. The maximum absolute atomic E-state index is 17.8. The summed E-state index contributed by atoms with van der Waals surface area (Å²) in [5.74, 6) is -5.83. The molecule has 4 saturated heterocycles. The van der Waals surface area contributed by atoms with Crippen molar-refractivity contribution in [3.05, 3.63) is 148 Å². The summed E-state index contributed by atoms with van der Waals surface area (Å²) in [5, 5.41) is 5.09. The van der Waals surface area contributed by atoms with Crippen molar-refractivity contribution in [1.29, 1.82) is 0 Å². The van der Waals surface area contributed by atoms with Crippen molar-refractivity contribution in [2.45, 2.75) is 126 Å². The minimum absolute atomic E-state index is 0.00787. The molecule has 4 aliphatic rings. The number of carbonyl (C=O) groups is 5. The Balaban J connectivity index is 0.987. The van der Waals surface area contributed by atoms with Crippen molar-refractivity contribution in [2.75, 3.05) is 64.4 Å². The number of nitrogens with zero attached hydrogens (tertiary/aromatic N) is 7. The Morgan fingerprint density at radius 1 is 0.653 bits per heavy atom. The number of imidazole rings is 2. The van der Waals surface area contributed by atoms with Gasteiger partial charge < -0.3 is 63.4 Å². The summed E-state index contributed by atoms with van der Waals surface area (Å²) in [5.41, 5.74) is 1.10. The predicted octanol–water partition coefficient (Wildman–Crippen LogP) is 10.2. The van der Waals surface area contributed by atoms with Crippen LogP contribution >= 0.6 is 7.82 Å². The first-order valence-electron chi connectivity index (χ1n) is 31.0. The normalized spacial score (nSPS) is 19.8. The Labute approximate surface area is 542 Å². The van der Waals surface area contributed by atoms with Crippen LogP contribution in [0.2, 0.25) is 0 Å². The fourth-order valence-corrected chi connectivity index (χ4v) is 14.0. The van der Waals surface area contributed by atoms with E-state index >= 15 is 17.6 Å². The number of aromatic nitrogens is 4. The monoisotopic (exact) mass is 1340 g/mol. The van der Waals surface area contributed by atoms with Crippen molar-refractivity contribution >= 4 is 71.2 Å². The highest BCUT2D eigenvalue weighted by atomic mass is 31.2. The van der Waals surface area contributed by atoms with Crippen LogP contribution in [-0.2, 0) is 44.6 Å². The highest BCUT2D eigenvalue weighted by Gasteiger charge is 2.44. The van der Waals surface area contributed by atoms with Crippen molar-refractivity contribution in [3.63, 3.8) is 0 Å². The first kappa shape index (κ1) is 67.5. The van der Waals surface area contributed by atoms with Crippen LogP contribution in [0.15, 0.2) is 84.9 Å². The summed E-state index contributed by atoms with van der Waals surface area (Å²) in [6.45, 7) is 3.50. The zero-order valence-corrected chi connectivity index (χ0v) is 53.6. The summed E-state index contributed by atoms with van der Waals surface area (Å²) < 4.78 is 127. The Kier molecular flexibility index (Phi) is 20.0. The number of benzene rings is 5. The Morgan fingerprint density at radius 2 is 1.23 bits per heavy atom. The topological polar surface area (TPSA) is 282 Å². The van der Waals surface area contributed by atoms with Gasteiger partial charge >= 0.3 is 26.0 Å². The molecule has 0 bridgehead atoms. The number of rotatable bonds is 20. The maximum atomic E-state index is 17.8. The first-order valence-corrected chi connectivity index (χ1v) is 32.5. The van der Waals surface area contributed by atoms with Gasteiger partial charge in [-0.25, -0.2) is 50.9 Å². The van der Waals surface area contributed by atoms with E-state index in [-0.39, 0.29) is 107 Å². The van der Waals surface area contributed by atoms with Gasteiger partial charge in [0, 0.05) is 69.3 Å². The quantitative estimate of drug-likeness (QED) is 0.0205. The molecule has 8 atom stereocenters. The Bertz CT molecular complexity index is 4070. The van der Waals surface area contributed by atoms with Gasteiger partial charge in [0.2, 0.25) is 11.8 Å². The molecule has 4 amide bonds. The number of phosphoric acid groups is 1. The number of halogens is 5. The van der Waals surface area contributed by atoms with Gasteiger partial charge in [-0.05, 0) is 131 Å². The van der Waals surface area contributed by atoms with Crippen LogP contribution in [0.25, 0.3) is 22.1 Å². The molecule has 0 spiro atoms. The molecule has 5 N–H and O–H groups in total. The lowest BCUT2D eigenvalue weighted by Gasteiger charge is -2.36. The summed E-state index contributed by atoms with van der Waals surface area (Å²) in [6.07, 6.45) is -0.474. The summed E-state index contributed by atoms with van der Waals surface area (Å²) >= 11 is 0. The number of aromatic amines is 1. The fraction of sp³-hybridized carbons (Fsp3) is 0.431. The number of likely N-dealkylation sites (tertiary alicyclic amines) is 2. The number of carbonyl (C=O) groups excluding carboxylic acids is 5. The van der Waals surface area contributed by atoms with Gasteiger partial charge in [0.25, 0.3) is 0 Å². The number of hydrogen-bond donors (Lipinski definition) is 5. The number of ether oxygens (including phenoxy) is 5. The van der Waals surface area contributed by atoms with E-state index in [9.17, 15) is 42.7 Å². The molecule has 11 rings (SSSR count). The minimum Gasteiger partial charge on any atom is -0.453 e. The number of fused-ring (bicyclic) bond motifs is 2. The summed E-state index contributed by atoms with van der Waals surface area (Å²) in [6, 6.07) is 12.5. The number of anilines is 2. The van der Waals surface area contributed by atoms with Crippen LogP contribution in [0.3, 0.4) is 0 Å². The minimum atomic E-state index is -5.05. The largest absolute Gasteiger partial charge is 0.524 e. The maximum Gasteiger partial charge on any atom is 0.524 e. The lowest BCUT2D eigenvalue weighted by atomic mass is 9.89. The van der Waals surface area contributed by atoms with E-state index in [0.29, 0.717) is 50.0 Å². The van der Waals surface area contributed by atoms with E-state index in [1.165, 1.54) is 79.3 Å². The molecule has 6 heterocycles. The van der Waals surface area contributed by atoms with Crippen molar-refractivity contribution < 1.29 is 88.5 Å². The van der Waals surface area contributed by atoms with Gasteiger partial charge in [0.05, 0.1) is 78.2 Å². The number of piperidine rings is 1. The van der Waals surface area contributed by atoms with Crippen LogP contribution in [0.5, 0.6) is 5.75 Å². The summed E-state index contributed by atoms with van der Waals surface area (Å²) in [7, 11) is 0.00756. The third kappa shape index (κ3) is 14.1. The highest BCUT2D eigenvalue weighted by Crippen LogP contribution is 2.51. The van der Waals surface area contributed by atoms with Crippen LogP contribution in [0.4, 0.5) is 42.9 Å². The van der Waals surface area contributed by atoms with Crippen LogP contribution in [0, 0.1) is 29.1 Å². The zero-order valence-electron chi connectivity index (χ0n) is 52.7. The molecule has 4 aliphatic heterocycles. The molecule has 2 aromatic heterocycles. The number of H-pyrrole nitrogens is 1. The number of amides is 4. The molecule has 5 aromatic carbocycles. The van der Waals surface area contributed by atoms with Gasteiger partial charge in [-0.15, -0.1) is 0 Å². The third-order valence-corrected chi connectivity index (χ3v) is 19.0. The second-order valence-electron chi connectivity index (χ2n) is 24.0. The standard InChI is InChI=1S/C65H72F5N10O14P/c1-34(89-3)56(74-64(84)91-5)61(81)77-22-8-12-53(77)59-71-48-29-42(44(67)31-49(48)72-59)51-18-19-52(80(51)40-27-46(69)58(47(70)28-40)76-24-20-37(21-25-76)36-14-16-39(66)17-15-36)43-30-50-55(32-45(43)68)79(33-93-63(83)38-10-7-11-41(26-38)94-95(86,87)88)60(73-50)54-13-9-23-78(54)62(82)57(35(2)90-4)75-65(85)92-6/h7,10-11,14-17,26-32,34-35,37,51-54,56-57H,8-9,12-13,18-25,33H2,1-6H3,(H,71,72)(H,74,84)(H,75,85)(H2,86,87,88)/t34-,35-,51-,52-,53+,54+,56+,57+/m1/s1. The molecule has 24 nitrogen and oxygen atoms in total. The van der Waals surface area contributed by atoms with E-state index < -0.39 is 116 Å². The molecule has 506 valence electrons. The van der Waals surface area contributed by atoms with E-state index in [0.717, 1.165) is 36.9 Å². The van der Waals surface area contributed by atoms with Gasteiger partial charge in [-0.2, -0.15) is 0 Å². The van der Waals surface area contributed by atoms with Gasteiger partial charge in [0.1, 0.15) is 52.6 Å². The summed E-state index contributed by atoms with van der Waals surface area (Å²) in [4.78, 5) is 106. The lowest BCUT2D eigenvalue weighted by Crippen LogP contribution is -2.54. The van der Waals surface area contributed by atoms with Crippen molar-refractivity contribution in [1.82, 2.24) is 40.0 Å². The zero-order chi connectivity index (χ0) is 67.7. The van der Waals surface area contributed by atoms with Crippen LogP contribution in [0.1, 0.15) is 134 Å². The first-order chi connectivity index (χ1) is 45.5. The van der Waals surface area contributed by atoms with Crippen molar-refractivity contribution in [2.24, 2.45) is 0 Å².